The molecule has 0 aliphatic carbocycles. The summed E-state index contributed by atoms with van der Waals surface area (Å²) in [7, 11) is 1.33. The van der Waals surface area contributed by atoms with Gasteiger partial charge in [0, 0.05) is 41.7 Å². The smallest absolute Gasteiger partial charge is 0.417 e. The summed E-state index contributed by atoms with van der Waals surface area (Å²) < 4.78 is 62.9. The summed E-state index contributed by atoms with van der Waals surface area (Å²) in [6.45, 7) is 2.47. The van der Waals surface area contributed by atoms with E-state index in [2.05, 4.69) is 15.3 Å². The number of methoxy groups -OCH3 is 1. The van der Waals surface area contributed by atoms with Gasteiger partial charge in [-0.15, -0.1) is 0 Å². The molecule has 0 radical (unpaired) electrons. The molecule has 2 bridgehead atoms. The third-order valence-electron chi connectivity index (χ3n) is 6.41. The van der Waals surface area contributed by atoms with Crippen molar-refractivity contribution in [1.82, 2.24) is 15.3 Å². The van der Waals surface area contributed by atoms with Crippen LogP contribution >= 0.6 is 11.6 Å². The third-order valence-corrected chi connectivity index (χ3v) is 6.71. The van der Waals surface area contributed by atoms with Crippen molar-refractivity contribution in [2.45, 2.75) is 38.0 Å². The molecule has 0 amide bonds. The molecule has 3 aromatic rings. The number of piperazine rings is 1. The lowest BCUT2D eigenvalue weighted by molar-refractivity contribution is -0.137. The number of hydrogen-bond acceptors (Lipinski definition) is 6. The maximum atomic E-state index is 16.0. The van der Waals surface area contributed by atoms with E-state index in [4.69, 9.17) is 16.3 Å². The number of alkyl halides is 3. The zero-order chi connectivity index (χ0) is 24.4. The van der Waals surface area contributed by atoms with Crippen molar-refractivity contribution in [2.24, 2.45) is 0 Å². The number of nitrogens with zero attached hydrogens (tertiary/aromatic N) is 3. The van der Waals surface area contributed by atoms with E-state index in [9.17, 15) is 18.3 Å². The van der Waals surface area contributed by atoms with Crippen LogP contribution in [0.3, 0.4) is 0 Å². The lowest BCUT2D eigenvalue weighted by atomic mass is 9.93. The van der Waals surface area contributed by atoms with Gasteiger partial charge in [0.15, 0.2) is 5.82 Å². The Morgan fingerprint density at radius 2 is 1.82 bits per heavy atom. The minimum absolute atomic E-state index is 0.108. The van der Waals surface area contributed by atoms with Gasteiger partial charge in [0.25, 0.3) is 0 Å². The molecule has 34 heavy (non-hydrogen) atoms. The number of nitrogens with one attached hydrogen (secondary N) is 1. The second-order valence-electron chi connectivity index (χ2n) is 8.70. The fourth-order valence-electron chi connectivity index (χ4n) is 5.05. The number of ether oxygens (including phenoxy) is 1. The molecule has 2 aromatic carbocycles. The first-order valence-corrected chi connectivity index (χ1v) is 11.1. The highest BCUT2D eigenvalue weighted by Gasteiger charge is 2.38. The maximum absolute atomic E-state index is 16.0. The van der Waals surface area contributed by atoms with Gasteiger partial charge in [0.2, 0.25) is 0 Å². The van der Waals surface area contributed by atoms with Crippen LogP contribution in [-0.2, 0) is 6.18 Å². The Bertz CT molecular complexity index is 1290. The predicted octanol–water partition coefficient (Wildman–Crippen LogP) is 5.07. The number of aromatic nitrogens is 2. The average molecular weight is 497 g/mol. The van der Waals surface area contributed by atoms with Gasteiger partial charge < -0.3 is 20.1 Å². The minimum Gasteiger partial charge on any atom is -0.508 e. The van der Waals surface area contributed by atoms with E-state index >= 15 is 4.39 Å². The average Bonchev–Trinajstić information content (AvgIpc) is 3.09. The first-order chi connectivity index (χ1) is 16.1. The van der Waals surface area contributed by atoms with Gasteiger partial charge >= 0.3 is 12.2 Å². The Morgan fingerprint density at radius 3 is 2.44 bits per heavy atom. The summed E-state index contributed by atoms with van der Waals surface area (Å²) in [6, 6.07) is 3.63. The quantitative estimate of drug-likeness (QED) is 0.493. The second kappa shape index (κ2) is 8.13. The molecule has 0 saturated carbocycles. The number of aromatic hydroxyl groups is 1. The number of fused-ring (bicyclic) bond motifs is 3. The van der Waals surface area contributed by atoms with Crippen molar-refractivity contribution in [2.75, 3.05) is 25.1 Å². The SMILES string of the molecule is COc1nc(N2CC3CCC(C2)N3)c2cc(Cl)c(-c3cc(O)cc(C)c3C(F)(F)F)c(F)c2n1. The van der Waals surface area contributed by atoms with E-state index in [1.165, 1.54) is 20.1 Å². The van der Waals surface area contributed by atoms with E-state index in [0.717, 1.165) is 25.0 Å². The topological polar surface area (TPSA) is 70.5 Å². The van der Waals surface area contributed by atoms with E-state index in [0.29, 0.717) is 18.9 Å². The van der Waals surface area contributed by atoms with Crippen LogP contribution in [-0.4, -0.2) is 47.4 Å². The van der Waals surface area contributed by atoms with Gasteiger partial charge in [-0.3, -0.25) is 0 Å². The number of aryl methyl sites for hydroxylation is 1. The van der Waals surface area contributed by atoms with E-state index in [1.807, 2.05) is 4.90 Å². The highest BCUT2D eigenvalue weighted by atomic mass is 35.5. The number of phenolic OH excluding ortho intramolecular Hbond substituents is 1. The Balaban J connectivity index is 1.76. The first-order valence-electron chi connectivity index (χ1n) is 10.7. The van der Waals surface area contributed by atoms with Crippen LogP contribution in [0.15, 0.2) is 18.2 Å². The summed E-state index contributed by atoms with van der Waals surface area (Å²) in [5.74, 6) is -1.07. The fourth-order valence-corrected chi connectivity index (χ4v) is 5.34. The normalized spacial score (nSPS) is 20.3. The Hall–Kier alpha value is -2.85. The molecule has 5 rings (SSSR count). The zero-order valence-corrected chi connectivity index (χ0v) is 19.1. The van der Waals surface area contributed by atoms with Crippen molar-refractivity contribution in [3.63, 3.8) is 0 Å². The largest absolute Gasteiger partial charge is 0.508 e. The molecule has 2 unspecified atom stereocenters. The highest BCUT2D eigenvalue weighted by Crippen LogP contribution is 2.46. The summed E-state index contributed by atoms with van der Waals surface area (Å²) in [6.07, 6.45) is -2.78. The summed E-state index contributed by atoms with van der Waals surface area (Å²) in [4.78, 5) is 10.5. The molecule has 180 valence electrons. The molecule has 2 saturated heterocycles. The second-order valence-corrected chi connectivity index (χ2v) is 9.11. The zero-order valence-electron chi connectivity index (χ0n) is 18.3. The van der Waals surface area contributed by atoms with Crippen LogP contribution in [0.5, 0.6) is 11.8 Å². The highest BCUT2D eigenvalue weighted by molar-refractivity contribution is 6.34. The van der Waals surface area contributed by atoms with Crippen LogP contribution in [0.4, 0.5) is 23.4 Å². The number of benzene rings is 2. The molecule has 3 heterocycles. The molecule has 11 heteroatoms. The molecule has 2 N–H and O–H groups in total. The molecular formula is C23H21ClF4N4O2. The number of phenols is 1. The Morgan fingerprint density at radius 1 is 1.15 bits per heavy atom. The van der Waals surface area contributed by atoms with Gasteiger partial charge in [-0.1, -0.05) is 11.6 Å². The van der Waals surface area contributed by atoms with Gasteiger partial charge in [-0.2, -0.15) is 23.1 Å². The summed E-state index contributed by atoms with van der Waals surface area (Å²) in [5.41, 5.74) is -2.59. The fraction of sp³-hybridized carbons (Fsp3) is 0.391. The summed E-state index contributed by atoms with van der Waals surface area (Å²) >= 11 is 6.42. The molecular weight excluding hydrogens is 476 g/mol. The van der Waals surface area contributed by atoms with Crippen molar-refractivity contribution in [3.8, 4) is 22.9 Å². The number of anilines is 1. The van der Waals surface area contributed by atoms with E-state index in [1.54, 1.807) is 0 Å². The molecule has 0 spiro atoms. The molecule has 2 atom stereocenters. The van der Waals surface area contributed by atoms with Gasteiger partial charge in [0.1, 0.15) is 17.1 Å². The van der Waals surface area contributed by atoms with E-state index in [-0.39, 0.29) is 39.6 Å². The van der Waals surface area contributed by atoms with E-state index < -0.39 is 34.4 Å². The minimum atomic E-state index is -4.80. The predicted molar refractivity (Wildman–Crippen MR) is 120 cm³/mol. The maximum Gasteiger partial charge on any atom is 0.417 e. The Labute approximate surface area is 197 Å². The molecule has 2 fully saturated rings. The number of rotatable bonds is 3. The lowest BCUT2D eigenvalue weighted by Gasteiger charge is -2.34. The lowest BCUT2D eigenvalue weighted by Crippen LogP contribution is -2.51. The third kappa shape index (κ3) is 3.78. The van der Waals surface area contributed by atoms with Crippen LogP contribution in [0.1, 0.15) is 24.0 Å². The standard InChI is InChI=1S/C23H21ClF4N4O2/c1-10-5-13(33)6-14(18(10)23(26,27)28)17-16(24)7-15-20(19(17)25)30-22(34-2)31-21(15)32-8-11-3-4-12(9-32)29-11/h5-7,11-12,29,33H,3-4,8-9H2,1-2H3. The summed E-state index contributed by atoms with van der Waals surface area (Å²) in [5, 5.41) is 13.5. The van der Waals surface area contributed by atoms with Crippen molar-refractivity contribution in [1.29, 1.82) is 0 Å². The van der Waals surface area contributed by atoms with Crippen molar-refractivity contribution >= 4 is 28.3 Å². The van der Waals surface area contributed by atoms with Crippen LogP contribution in [0.2, 0.25) is 5.02 Å². The molecule has 1 aromatic heterocycles. The van der Waals surface area contributed by atoms with Crippen LogP contribution < -0.4 is 15.0 Å². The number of halogens is 5. The number of hydrogen-bond donors (Lipinski definition) is 2. The van der Waals surface area contributed by atoms with Gasteiger partial charge in [-0.25, -0.2) is 4.39 Å². The van der Waals surface area contributed by atoms with Crippen LogP contribution in [0.25, 0.3) is 22.0 Å². The van der Waals surface area contributed by atoms with Gasteiger partial charge in [0.05, 0.1) is 17.7 Å². The molecule has 2 aliphatic heterocycles. The van der Waals surface area contributed by atoms with Gasteiger partial charge in [-0.05, 0) is 43.5 Å². The molecule has 6 nitrogen and oxygen atoms in total. The van der Waals surface area contributed by atoms with Crippen molar-refractivity contribution in [3.05, 3.63) is 40.2 Å². The monoisotopic (exact) mass is 496 g/mol. The first kappa shape index (κ1) is 22.9. The Kier molecular flexibility index (Phi) is 5.48. The van der Waals surface area contributed by atoms with Crippen LogP contribution in [0, 0.1) is 12.7 Å². The molecule has 2 aliphatic rings. The van der Waals surface area contributed by atoms with Crippen molar-refractivity contribution < 1.29 is 27.4 Å².